The average molecular weight is 396 g/mol. The summed E-state index contributed by atoms with van der Waals surface area (Å²) in [4.78, 5) is 21.5. The molecule has 7 heteroatoms. The van der Waals surface area contributed by atoms with Gasteiger partial charge in [0.2, 0.25) is 0 Å². The second kappa shape index (κ2) is 9.82. The molecule has 0 atom stereocenters. The highest BCUT2D eigenvalue weighted by atomic mass is 16.5. The maximum absolute atomic E-state index is 12.6. The van der Waals surface area contributed by atoms with Gasteiger partial charge in [-0.1, -0.05) is 24.3 Å². The summed E-state index contributed by atoms with van der Waals surface area (Å²) in [6, 6.07) is 10.4. The number of nitrogens with one attached hydrogen (secondary N) is 2. The van der Waals surface area contributed by atoms with Gasteiger partial charge in [0.25, 0.3) is 5.91 Å². The standard InChI is InChI=1S/C22H29N5O2/c28-22(20-13-21(16-24-15-20)27-9-11-29-12-10-27)25-14-18-1-3-19(4-2-18)17-26-7-5-23-6-8-26/h1-4,13,15-16,23H,5-12,14,17H2,(H,25,28). The first-order valence-electron chi connectivity index (χ1n) is 10.3. The van der Waals surface area contributed by atoms with Crippen molar-refractivity contribution in [3.63, 3.8) is 0 Å². The van der Waals surface area contributed by atoms with Gasteiger partial charge in [0.15, 0.2) is 0 Å². The first kappa shape index (κ1) is 19.8. The van der Waals surface area contributed by atoms with E-state index in [4.69, 9.17) is 4.74 Å². The van der Waals surface area contributed by atoms with E-state index < -0.39 is 0 Å². The smallest absolute Gasteiger partial charge is 0.253 e. The van der Waals surface area contributed by atoms with Gasteiger partial charge in [-0.05, 0) is 17.2 Å². The number of ether oxygens (including phenoxy) is 1. The summed E-state index contributed by atoms with van der Waals surface area (Å²) in [7, 11) is 0. The first-order valence-corrected chi connectivity index (χ1v) is 10.3. The lowest BCUT2D eigenvalue weighted by Crippen LogP contribution is -2.42. The molecule has 7 nitrogen and oxygen atoms in total. The summed E-state index contributed by atoms with van der Waals surface area (Å²) < 4.78 is 5.39. The molecule has 154 valence electrons. The zero-order valence-electron chi connectivity index (χ0n) is 16.8. The number of piperazine rings is 1. The van der Waals surface area contributed by atoms with E-state index in [1.165, 1.54) is 5.56 Å². The Kier molecular flexibility index (Phi) is 6.71. The van der Waals surface area contributed by atoms with Gasteiger partial charge >= 0.3 is 0 Å². The predicted octanol–water partition coefficient (Wildman–Crippen LogP) is 1.25. The molecule has 0 saturated carbocycles. The lowest BCUT2D eigenvalue weighted by molar-refractivity contribution is 0.0950. The quantitative estimate of drug-likeness (QED) is 0.767. The van der Waals surface area contributed by atoms with Crippen LogP contribution in [-0.4, -0.2) is 68.3 Å². The number of pyridine rings is 1. The Morgan fingerprint density at radius 2 is 1.76 bits per heavy atom. The number of nitrogens with zero attached hydrogens (tertiary/aromatic N) is 3. The van der Waals surface area contributed by atoms with Crippen LogP contribution < -0.4 is 15.5 Å². The lowest BCUT2D eigenvalue weighted by atomic mass is 10.1. The molecule has 2 saturated heterocycles. The minimum absolute atomic E-state index is 0.0995. The Balaban J connectivity index is 1.30. The Hall–Kier alpha value is -2.48. The summed E-state index contributed by atoms with van der Waals surface area (Å²) in [5.41, 5.74) is 3.96. The molecule has 4 rings (SSSR count). The van der Waals surface area contributed by atoms with Crippen LogP contribution in [0.2, 0.25) is 0 Å². The predicted molar refractivity (Wildman–Crippen MR) is 113 cm³/mol. The zero-order chi connectivity index (χ0) is 19.9. The molecule has 1 aromatic heterocycles. The monoisotopic (exact) mass is 395 g/mol. The van der Waals surface area contributed by atoms with E-state index in [0.717, 1.165) is 57.1 Å². The average Bonchev–Trinajstić information content (AvgIpc) is 2.80. The highest BCUT2D eigenvalue weighted by Gasteiger charge is 2.14. The number of anilines is 1. The normalized spacial score (nSPS) is 17.9. The van der Waals surface area contributed by atoms with Gasteiger partial charge in [0.05, 0.1) is 30.7 Å². The number of aromatic nitrogens is 1. The fourth-order valence-corrected chi connectivity index (χ4v) is 3.72. The number of carbonyl (C=O) groups is 1. The fraction of sp³-hybridized carbons (Fsp3) is 0.455. The van der Waals surface area contributed by atoms with Gasteiger partial charge in [0, 0.05) is 58.6 Å². The molecule has 0 bridgehead atoms. The van der Waals surface area contributed by atoms with Crippen LogP contribution in [-0.2, 0) is 17.8 Å². The van der Waals surface area contributed by atoms with E-state index in [1.807, 2.05) is 6.07 Å². The molecule has 2 N–H and O–H groups in total. The maximum atomic E-state index is 12.6. The highest BCUT2D eigenvalue weighted by molar-refractivity contribution is 5.94. The Morgan fingerprint density at radius 1 is 1.03 bits per heavy atom. The van der Waals surface area contributed by atoms with Crippen LogP contribution in [0, 0.1) is 0 Å². The molecule has 0 aliphatic carbocycles. The van der Waals surface area contributed by atoms with E-state index in [0.29, 0.717) is 25.3 Å². The highest BCUT2D eigenvalue weighted by Crippen LogP contribution is 2.16. The number of hydrogen-bond donors (Lipinski definition) is 2. The molecule has 2 aromatic rings. The molecule has 1 aromatic carbocycles. The van der Waals surface area contributed by atoms with Crippen molar-refractivity contribution in [2.45, 2.75) is 13.1 Å². The molecule has 2 aliphatic heterocycles. The van der Waals surface area contributed by atoms with E-state index in [2.05, 4.69) is 49.7 Å². The van der Waals surface area contributed by atoms with Gasteiger partial charge in [-0.3, -0.25) is 14.7 Å². The minimum atomic E-state index is -0.0995. The summed E-state index contributed by atoms with van der Waals surface area (Å²) in [6.45, 7) is 8.87. The molecule has 1 amide bonds. The van der Waals surface area contributed by atoms with Crippen molar-refractivity contribution >= 4 is 11.6 Å². The van der Waals surface area contributed by atoms with Crippen molar-refractivity contribution in [2.24, 2.45) is 0 Å². The SMILES string of the molecule is O=C(NCc1ccc(CN2CCNCC2)cc1)c1cncc(N2CCOCC2)c1. The fourth-order valence-electron chi connectivity index (χ4n) is 3.72. The summed E-state index contributed by atoms with van der Waals surface area (Å²) in [5.74, 6) is -0.0995. The van der Waals surface area contributed by atoms with Crippen molar-refractivity contribution in [1.29, 1.82) is 0 Å². The van der Waals surface area contributed by atoms with Crippen LogP contribution in [0.5, 0.6) is 0 Å². The van der Waals surface area contributed by atoms with Gasteiger partial charge in [0.1, 0.15) is 0 Å². The van der Waals surface area contributed by atoms with Crippen molar-refractivity contribution in [2.75, 3.05) is 57.4 Å². The van der Waals surface area contributed by atoms with Crippen LogP contribution in [0.4, 0.5) is 5.69 Å². The van der Waals surface area contributed by atoms with E-state index in [-0.39, 0.29) is 5.91 Å². The molecule has 0 unspecified atom stereocenters. The number of hydrogen-bond acceptors (Lipinski definition) is 6. The lowest BCUT2D eigenvalue weighted by Gasteiger charge is -2.28. The van der Waals surface area contributed by atoms with Crippen LogP contribution in [0.3, 0.4) is 0 Å². The molecule has 3 heterocycles. The Labute approximate surface area is 172 Å². The third kappa shape index (κ3) is 5.53. The molecule has 2 aliphatic rings. The molecular weight excluding hydrogens is 366 g/mol. The van der Waals surface area contributed by atoms with E-state index in [1.54, 1.807) is 12.4 Å². The largest absolute Gasteiger partial charge is 0.378 e. The second-order valence-corrected chi connectivity index (χ2v) is 7.56. The maximum Gasteiger partial charge on any atom is 0.253 e. The van der Waals surface area contributed by atoms with Gasteiger partial charge in [-0.15, -0.1) is 0 Å². The Morgan fingerprint density at radius 3 is 2.52 bits per heavy atom. The number of benzene rings is 1. The third-order valence-electron chi connectivity index (χ3n) is 5.45. The third-order valence-corrected chi connectivity index (χ3v) is 5.45. The summed E-state index contributed by atoms with van der Waals surface area (Å²) in [6.07, 6.45) is 3.43. The molecular formula is C22H29N5O2. The van der Waals surface area contributed by atoms with Crippen molar-refractivity contribution in [3.8, 4) is 0 Å². The van der Waals surface area contributed by atoms with Gasteiger partial charge in [-0.2, -0.15) is 0 Å². The first-order chi connectivity index (χ1) is 14.3. The van der Waals surface area contributed by atoms with E-state index in [9.17, 15) is 4.79 Å². The molecule has 2 fully saturated rings. The molecule has 0 radical (unpaired) electrons. The van der Waals surface area contributed by atoms with Gasteiger partial charge in [-0.25, -0.2) is 0 Å². The van der Waals surface area contributed by atoms with Crippen molar-refractivity contribution < 1.29 is 9.53 Å². The van der Waals surface area contributed by atoms with Gasteiger partial charge < -0.3 is 20.3 Å². The minimum Gasteiger partial charge on any atom is -0.378 e. The van der Waals surface area contributed by atoms with E-state index >= 15 is 0 Å². The molecule has 29 heavy (non-hydrogen) atoms. The van der Waals surface area contributed by atoms with Crippen molar-refractivity contribution in [1.82, 2.24) is 20.5 Å². The second-order valence-electron chi connectivity index (χ2n) is 7.56. The van der Waals surface area contributed by atoms with Crippen LogP contribution in [0.25, 0.3) is 0 Å². The number of amides is 1. The number of carbonyl (C=O) groups excluding carboxylic acids is 1. The Bertz CT molecular complexity index is 799. The van der Waals surface area contributed by atoms with Crippen molar-refractivity contribution in [3.05, 3.63) is 59.4 Å². The van der Waals surface area contributed by atoms with Crippen LogP contribution in [0.1, 0.15) is 21.5 Å². The summed E-state index contributed by atoms with van der Waals surface area (Å²) >= 11 is 0. The summed E-state index contributed by atoms with van der Waals surface area (Å²) in [5, 5.41) is 6.38. The number of morpholine rings is 1. The molecule has 0 spiro atoms. The topological polar surface area (TPSA) is 69.7 Å². The zero-order valence-corrected chi connectivity index (χ0v) is 16.8. The van der Waals surface area contributed by atoms with Crippen LogP contribution in [0.15, 0.2) is 42.7 Å². The van der Waals surface area contributed by atoms with Crippen LogP contribution >= 0.6 is 0 Å². The number of rotatable bonds is 6.